The van der Waals surface area contributed by atoms with Crippen molar-refractivity contribution in [2.24, 2.45) is 0 Å². The summed E-state index contributed by atoms with van der Waals surface area (Å²) < 4.78 is 1.62. The zero-order chi connectivity index (χ0) is 9.26. The summed E-state index contributed by atoms with van der Waals surface area (Å²) in [6.45, 7) is 1.74. The number of nitrogens with zero attached hydrogens (tertiary/aromatic N) is 4. The van der Waals surface area contributed by atoms with Gasteiger partial charge >= 0.3 is 0 Å². The molecule has 5 nitrogen and oxygen atoms in total. The highest BCUT2D eigenvalue weighted by Gasteiger charge is 2.05. The molecule has 0 aromatic carbocycles. The Labute approximate surface area is 74.6 Å². The fourth-order valence-electron chi connectivity index (χ4n) is 1.08. The second-order valence-electron chi connectivity index (χ2n) is 2.41. The Kier molecular flexibility index (Phi) is 1.60. The lowest BCUT2D eigenvalue weighted by Gasteiger charge is -1.94. The molecule has 13 heavy (non-hydrogen) atoms. The van der Waals surface area contributed by atoms with Gasteiger partial charge < -0.3 is 5.73 Å². The van der Waals surface area contributed by atoms with E-state index >= 15 is 0 Å². The topological polar surface area (TPSA) is 69.6 Å². The van der Waals surface area contributed by atoms with E-state index in [0.717, 1.165) is 0 Å². The molecule has 0 aliphatic carbocycles. The van der Waals surface area contributed by atoms with E-state index in [0.29, 0.717) is 17.0 Å². The van der Waals surface area contributed by atoms with Gasteiger partial charge in [-0.1, -0.05) is 5.92 Å². The zero-order valence-electron chi connectivity index (χ0n) is 7.02. The molecule has 0 amide bonds. The Hall–Kier alpha value is -2.09. The first-order valence-electron chi connectivity index (χ1n) is 3.69. The van der Waals surface area contributed by atoms with Crippen molar-refractivity contribution in [2.75, 3.05) is 5.73 Å². The Morgan fingerprint density at radius 3 is 3.00 bits per heavy atom. The van der Waals surface area contributed by atoms with Gasteiger partial charge in [-0.15, -0.1) is 0 Å². The van der Waals surface area contributed by atoms with Gasteiger partial charge in [-0.05, 0) is 6.92 Å². The molecule has 0 fully saturated rings. The summed E-state index contributed by atoms with van der Waals surface area (Å²) in [5.74, 6) is 3.15. The molecular formula is C8H7N5. The maximum absolute atomic E-state index is 5.65. The van der Waals surface area contributed by atoms with Crippen LogP contribution in [0.5, 0.6) is 0 Å². The van der Waals surface area contributed by atoms with E-state index in [1.165, 1.54) is 6.33 Å². The first-order valence-corrected chi connectivity index (χ1v) is 3.69. The number of hydrogen-bond acceptors (Lipinski definition) is 4. The van der Waals surface area contributed by atoms with Crippen LogP contribution < -0.4 is 5.73 Å². The van der Waals surface area contributed by atoms with Crippen molar-refractivity contribution in [3.63, 3.8) is 0 Å². The molecule has 0 bridgehead atoms. The normalized spacial score (nSPS) is 9.62. The zero-order valence-corrected chi connectivity index (χ0v) is 7.02. The molecular weight excluding hydrogens is 166 g/mol. The minimum Gasteiger partial charge on any atom is -0.382 e. The van der Waals surface area contributed by atoms with Crippen LogP contribution in [0.3, 0.4) is 0 Å². The summed E-state index contributed by atoms with van der Waals surface area (Å²) >= 11 is 0. The van der Waals surface area contributed by atoms with Crippen molar-refractivity contribution in [1.82, 2.24) is 19.5 Å². The number of rotatable bonds is 0. The molecule has 0 atom stereocenters. The summed E-state index contributed by atoms with van der Waals surface area (Å²) in [7, 11) is 0. The van der Waals surface area contributed by atoms with Gasteiger partial charge in [0.15, 0.2) is 11.5 Å². The van der Waals surface area contributed by atoms with Crippen molar-refractivity contribution in [3.8, 4) is 12.0 Å². The minimum atomic E-state index is 0.394. The number of imidazole rings is 1. The molecule has 0 aliphatic heterocycles. The van der Waals surface area contributed by atoms with Crippen LogP contribution in [0.1, 0.15) is 6.92 Å². The third-order valence-electron chi connectivity index (χ3n) is 1.60. The van der Waals surface area contributed by atoms with Gasteiger partial charge in [0, 0.05) is 6.04 Å². The van der Waals surface area contributed by atoms with Crippen molar-refractivity contribution >= 4 is 17.0 Å². The molecule has 0 saturated carbocycles. The molecule has 2 aromatic heterocycles. The smallest absolute Gasteiger partial charge is 0.184 e. The first kappa shape index (κ1) is 7.55. The highest BCUT2D eigenvalue weighted by Crippen LogP contribution is 2.13. The number of nitrogen functional groups attached to an aromatic ring is 1. The van der Waals surface area contributed by atoms with Crippen LogP contribution in [-0.2, 0) is 0 Å². The largest absolute Gasteiger partial charge is 0.382 e. The first-order chi connectivity index (χ1) is 6.33. The van der Waals surface area contributed by atoms with Crippen LogP contribution in [0.4, 0.5) is 5.82 Å². The number of fused-ring (bicyclic) bond motifs is 1. The average molecular weight is 173 g/mol. The molecule has 64 valence electrons. The molecule has 0 saturated heterocycles. The molecule has 0 radical (unpaired) electrons. The molecule has 0 unspecified atom stereocenters. The third kappa shape index (κ3) is 1.08. The van der Waals surface area contributed by atoms with E-state index in [1.54, 1.807) is 17.8 Å². The molecule has 2 N–H and O–H groups in total. The molecule has 2 heterocycles. The molecule has 2 aromatic rings. The lowest BCUT2D eigenvalue weighted by molar-refractivity contribution is 1.14. The average Bonchev–Trinajstić information content (AvgIpc) is 2.51. The Morgan fingerprint density at radius 1 is 1.38 bits per heavy atom. The van der Waals surface area contributed by atoms with E-state index in [1.807, 2.05) is 0 Å². The van der Waals surface area contributed by atoms with Gasteiger partial charge in [-0.3, -0.25) is 4.57 Å². The van der Waals surface area contributed by atoms with E-state index in [2.05, 4.69) is 26.9 Å². The highest BCUT2D eigenvalue weighted by molar-refractivity contribution is 5.82. The number of nitrogens with two attached hydrogens (primary N) is 1. The fourth-order valence-corrected chi connectivity index (χ4v) is 1.08. The number of anilines is 1. The minimum absolute atomic E-state index is 0.394. The fraction of sp³-hybridized carbons (Fsp3) is 0.125. The maximum Gasteiger partial charge on any atom is 0.184 e. The molecule has 0 aliphatic rings. The van der Waals surface area contributed by atoms with Crippen LogP contribution in [0, 0.1) is 12.0 Å². The van der Waals surface area contributed by atoms with Crippen LogP contribution in [0.25, 0.3) is 11.2 Å². The molecule has 2 rings (SSSR count). The van der Waals surface area contributed by atoms with Gasteiger partial charge in [0.25, 0.3) is 0 Å². The van der Waals surface area contributed by atoms with E-state index < -0.39 is 0 Å². The lowest BCUT2D eigenvalue weighted by atomic mass is 10.5. The van der Waals surface area contributed by atoms with Crippen molar-refractivity contribution in [2.45, 2.75) is 6.92 Å². The quantitative estimate of drug-likeness (QED) is 0.579. The predicted octanol–water partition coefficient (Wildman–Crippen LogP) is 0.237. The van der Waals surface area contributed by atoms with Gasteiger partial charge in [0.1, 0.15) is 18.2 Å². The van der Waals surface area contributed by atoms with Crippen molar-refractivity contribution < 1.29 is 0 Å². The van der Waals surface area contributed by atoms with Crippen molar-refractivity contribution in [3.05, 3.63) is 12.7 Å². The summed E-state index contributed by atoms with van der Waals surface area (Å²) in [6, 6.07) is 2.82. The predicted molar refractivity (Wildman–Crippen MR) is 48.6 cm³/mol. The number of aromatic nitrogens is 4. The Balaban J connectivity index is 2.83. The highest BCUT2D eigenvalue weighted by atomic mass is 15.1. The second-order valence-corrected chi connectivity index (χ2v) is 2.41. The standard InChI is InChI=1S/C8H7N5/c1-2-3-13-5-12-8-6(13)7(9)10-4-11-8/h4-5H,1H3,(H2,9,10,11). The van der Waals surface area contributed by atoms with Gasteiger partial charge in [0.05, 0.1) is 0 Å². The molecule has 5 heteroatoms. The van der Waals surface area contributed by atoms with Gasteiger partial charge in [0.2, 0.25) is 0 Å². The summed E-state index contributed by atoms with van der Waals surface area (Å²) in [5, 5.41) is 0. The SMILES string of the molecule is CC#Cn1cnc2ncnc(N)c21. The third-order valence-corrected chi connectivity index (χ3v) is 1.60. The van der Waals surface area contributed by atoms with Crippen LogP contribution in [-0.4, -0.2) is 19.5 Å². The van der Waals surface area contributed by atoms with E-state index in [9.17, 15) is 0 Å². The van der Waals surface area contributed by atoms with E-state index in [-0.39, 0.29) is 0 Å². The summed E-state index contributed by atoms with van der Waals surface area (Å²) in [4.78, 5) is 11.8. The lowest BCUT2D eigenvalue weighted by Crippen LogP contribution is -1.96. The summed E-state index contributed by atoms with van der Waals surface area (Å²) in [5.41, 5.74) is 6.88. The van der Waals surface area contributed by atoms with Gasteiger partial charge in [-0.25, -0.2) is 15.0 Å². The molecule has 0 spiro atoms. The van der Waals surface area contributed by atoms with E-state index in [4.69, 9.17) is 5.73 Å². The van der Waals surface area contributed by atoms with Crippen LogP contribution in [0.2, 0.25) is 0 Å². The van der Waals surface area contributed by atoms with Crippen molar-refractivity contribution in [1.29, 1.82) is 0 Å². The summed E-state index contributed by atoms with van der Waals surface area (Å²) in [6.07, 6.45) is 2.96. The number of hydrogen-bond donors (Lipinski definition) is 1. The second kappa shape index (κ2) is 2.75. The maximum atomic E-state index is 5.65. The Bertz CT molecular complexity index is 502. The van der Waals surface area contributed by atoms with Gasteiger partial charge in [-0.2, -0.15) is 0 Å². The Morgan fingerprint density at radius 2 is 2.23 bits per heavy atom. The van der Waals surface area contributed by atoms with Crippen LogP contribution >= 0.6 is 0 Å². The monoisotopic (exact) mass is 173 g/mol. The van der Waals surface area contributed by atoms with Crippen LogP contribution in [0.15, 0.2) is 12.7 Å².